The van der Waals surface area contributed by atoms with Crippen LogP contribution in [0.15, 0.2) is 0 Å². The molecule has 0 aromatic carbocycles. The molecule has 1 atom stereocenters. The highest BCUT2D eigenvalue weighted by Crippen LogP contribution is 2.64. The zero-order valence-corrected chi connectivity index (χ0v) is 9.24. The van der Waals surface area contributed by atoms with E-state index in [2.05, 4.69) is 25.7 Å². The number of rotatable bonds is 0. The van der Waals surface area contributed by atoms with Crippen LogP contribution in [0.4, 0.5) is 8.78 Å². The summed E-state index contributed by atoms with van der Waals surface area (Å²) < 4.78 is 26.4. The van der Waals surface area contributed by atoms with Crippen molar-refractivity contribution in [2.75, 3.05) is 13.1 Å². The molecule has 1 aliphatic carbocycles. The lowest BCUT2D eigenvalue weighted by Crippen LogP contribution is -2.49. The Kier molecular flexibility index (Phi) is 1.98. The van der Waals surface area contributed by atoms with Crippen LogP contribution in [0.1, 0.15) is 40.0 Å². The number of piperidine rings is 1. The molecule has 0 amide bonds. The van der Waals surface area contributed by atoms with Crippen molar-refractivity contribution in [1.82, 2.24) is 4.90 Å². The second-order valence-corrected chi connectivity index (χ2v) is 5.86. The van der Waals surface area contributed by atoms with Gasteiger partial charge >= 0.3 is 0 Å². The highest BCUT2D eigenvalue weighted by molar-refractivity contribution is 5.13. The van der Waals surface area contributed by atoms with Gasteiger partial charge in [0.1, 0.15) is 0 Å². The van der Waals surface area contributed by atoms with E-state index in [1.807, 2.05) is 0 Å². The second-order valence-electron chi connectivity index (χ2n) is 5.86. The molecule has 1 spiro atoms. The fourth-order valence-electron chi connectivity index (χ4n) is 2.53. The summed E-state index contributed by atoms with van der Waals surface area (Å²) in [4.78, 5) is 2.21. The van der Waals surface area contributed by atoms with Crippen LogP contribution in [0.25, 0.3) is 0 Å². The van der Waals surface area contributed by atoms with Crippen LogP contribution < -0.4 is 0 Å². The molecule has 0 unspecified atom stereocenters. The minimum absolute atomic E-state index is 0.0338. The number of nitrogens with zero attached hydrogens (tertiary/aromatic N) is 1. The van der Waals surface area contributed by atoms with E-state index in [4.69, 9.17) is 0 Å². The zero-order valence-electron chi connectivity index (χ0n) is 9.24. The van der Waals surface area contributed by atoms with Gasteiger partial charge in [0.25, 0.3) is 5.92 Å². The van der Waals surface area contributed by atoms with Gasteiger partial charge in [0, 0.05) is 18.5 Å². The van der Waals surface area contributed by atoms with E-state index in [-0.39, 0.29) is 12.0 Å². The fraction of sp³-hybridized carbons (Fsp3) is 1.00. The van der Waals surface area contributed by atoms with Gasteiger partial charge < -0.3 is 0 Å². The standard InChI is InChI=1S/C11H19F2N/c1-9(2,3)14-6-4-5-10(8-14)7-11(10,12)13/h4-8H2,1-3H3/t10-/m0/s1. The van der Waals surface area contributed by atoms with Crippen LogP contribution in [0.2, 0.25) is 0 Å². The minimum atomic E-state index is -2.38. The third kappa shape index (κ3) is 1.46. The number of alkyl halides is 2. The average Bonchev–Trinajstić information content (AvgIpc) is 2.50. The molecule has 0 aromatic rings. The predicted molar refractivity (Wildman–Crippen MR) is 52.6 cm³/mol. The van der Waals surface area contributed by atoms with E-state index in [1.54, 1.807) is 0 Å². The molecule has 14 heavy (non-hydrogen) atoms. The monoisotopic (exact) mass is 203 g/mol. The van der Waals surface area contributed by atoms with E-state index in [0.29, 0.717) is 13.0 Å². The van der Waals surface area contributed by atoms with Crippen LogP contribution in [0, 0.1) is 5.41 Å². The molecule has 2 fully saturated rings. The lowest BCUT2D eigenvalue weighted by atomic mass is 9.90. The summed E-state index contributed by atoms with van der Waals surface area (Å²) in [5, 5.41) is 0. The van der Waals surface area contributed by atoms with E-state index in [0.717, 1.165) is 13.0 Å². The quantitative estimate of drug-likeness (QED) is 0.585. The molecule has 1 nitrogen and oxygen atoms in total. The van der Waals surface area contributed by atoms with Gasteiger partial charge in [-0.1, -0.05) is 0 Å². The second kappa shape index (κ2) is 2.69. The summed E-state index contributed by atoms with van der Waals surface area (Å²) in [5.41, 5.74) is -0.620. The van der Waals surface area contributed by atoms with Gasteiger partial charge in [-0.15, -0.1) is 0 Å². The molecular formula is C11H19F2N. The van der Waals surface area contributed by atoms with Crippen molar-refractivity contribution in [3.8, 4) is 0 Å². The Hall–Kier alpha value is -0.180. The maximum atomic E-state index is 13.2. The highest BCUT2D eigenvalue weighted by atomic mass is 19.3. The molecule has 0 bridgehead atoms. The third-order valence-electron chi connectivity index (χ3n) is 3.74. The summed E-state index contributed by atoms with van der Waals surface area (Å²) in [5.74, 6) is -2.38. The minimum Gasteiger partial charge on any atom is -0.298 e. The molecule has 1 aliphatic heterocycles. The maximum Gasteiger partial charge on any atom is 0.255 e. The number of hydrogen-bond donors (Lipinski definition) is 0. The van der Waals surface area contributed by atoms with Gasteiger partial charge in [0.05, 0.1) is 5.41 Å². The van der Waals surface area contributed by atoms with Gasteiger partial charge in [-0.05, 0) is 40.2 Å². The summed E-state index contributed by atoms with van der Waals surface area (Å²) in [6.45, 7) is 7.87. The lowest BCUT2D eigenvalue weighted by Gasteiger charge is -2.42. The van der Waals surface area contributed by atoms with Crippen molar-refractivity contribution in [2.24, 2.45) is 5.41 Å². The normalized spacial score (nSPS) is 37.5. The van der Waals surface area contributed by atoms with E-state index >= 15 is 0 Å². The van der Waals surface area contributed by atoms with Gasteiger partial charge in [-0.3, -0.25) is 4.90 Å². The van der Waals surface area contributed by atoms with Crippen LogP contribution >= 0.6 is 0 Å². The Bertz CT molecular complexity index is 244. The summed E-state index contributed by atoms with van der Waals surface area (Å²) >= 11 is 0. The van der Waals surface area contributed by atoms with Crippen molar-refractivity contribution >= 4 is 0 Å². The first-order valence-corrected chi connectivity index (χ1v) is 5.40. The summed E-state index contributed by atoms with van der Waals surface area (Å²) in [6, 6.07) is 0. The van der Waals surface area contributed by atoms with Crippen molar-refractivity contribution in [3.05, 3.63) is 0 Å². The lowest BCUT2D eigenvalue weighted by molar-refractivity contribution is -0.00164. The molecule has 3 heteroatoms. The number of halogens is 2. The molecule has 0 aromatic heterocycles. The van der Waals surface area contributed by atoms with Crippen molar-refractivity contribution in [3.63, 3.8) is 0 Å². The fourth-order valence-corrected chi connectivity index (χ4v) is 2.53. The molecule has 82 valence electrons. The topological polar surface area (TPSA) is 3.24 Å². The first-order valence-electron chi connectivity index (χ1n) is 5.40. The SMILES string of the molecule is CC(C)(C)N1CCC[C@@]2(C1)CC2(F)F. The van der Waals surface area contributed by atoms with Gasteiger partial charge in [-0.2, -0.15) is 0 Å². The Labute approximate surface area is 84.5 Å². The Balaban J connectivity index is 2.07. The molecule has 1 saturated heterocycles. The smallest absolute Gasteiger partial charge is 0.255 e. The molecule has 2 rings (SSSR count). The Morgan fingerprint density at radius 2 is 1.79 bits per heavy atom. The van der Waals surface area contributed by atoms with Crippen molar-refractivity contribution < 1.29 is 8.78 Å². The van der Waals surface area contributed by atoms with Crippen LogP contribution in [-0.4, -0.2) is 29.5 Å². The molecule has 2 aliphatic rings. The molecule has 1 saturated carbocycles. The first kappa shape index (κ1) is 10.3. The van der Waals surface area contributed by atoms with E-state index in [9.17, 15) is 8.78 Å². The van der Waals surface area contributed by atoms with Crippen LogP contribution in [-0.2, 0) is 0 Å². The van der Waals surface area contributed by atoms with Crippen LogP contribution in [0.3, 0.4) is 0 Å². The van der Waals surface area contributed by atoms with Gasteiger partial charge in [0.2, 0.25) is 0 Å². The molecular weight excluding hydrogens is 184 g/mol. The number of likely N-dealkylation sites (tertiary alicyclic amines) is 1. The molecule has 0 N–H and O–H groups in total. The molecule has 0 radical (unpaired) electrons. The van der Waals surface area contributed by atoms with Gasteiger partial charge in [0.15, 0.2) is 0 Å². The predicted octanol–water partition coefficient (Wildman–Crippen LogP) is 2.91. The number of hydrogen-bond acceptors (Lipinski definition) is 1. The van der Waals surface area contributed by atoms with Gasteiger partial charge in [-0.25, -0.2) is 8.78 Å². The average molecular weight is 203 g/mol. The third-order valence-corrected chi connectivity index (χ3v) is 3.74. The Morgan fingerprint density at radius 3 is 2.21 bits per heavy atom. The van der Waals surface area contributed by atoms with E-state index < -0.39 is 11.3 Å². The molecule has 1 heterocycles. The first-order chi connectivity index (χ1) is 6.27. The van der Waals surface area contributed by atoms with Crippen LogP contribution in [0.5, 0.6) is 0 Å². The maximum absolute atomic E-state index is 13.2. The summed E-state index contributed by atoms with van der Waals surface area (Å²) in [7, 11) is 0. The van der Waals surface area contributed by atoms with Crippen molar-refractivity contribution in [1.29, 1.82) is 0 Å². The highest BCUT2D eigenvalue weighted by Gasteiger charge is 2.71. The Morgan fingerprint density at radius 1 is 1.21 bits per heavy atom. The van der Waals surface area contributed by atoms with Crippen molar-refractivity contribution in [2.45, 2.75) is 51.5 Å². The largest absolute Gasteiger partial charge is 0.298 e. The van der Waals surface area contributed by atoms with E-state index in [1.165, 1.54) is 0 Å². The summed E-state index contributed by atoms with van der Waals surface area (Å²) in [6.07, 6.45) is 1.76. The zero-order chi connectivity index (χ0) is 10.6.